The molecule has 2 rings (SSSR count). The number of carbonyl (C=O) groups is 2. The molecular weight excluding hydrogens is 242 g/mol. The molecule has 1 amide bonds. The third-order valence-corrected chi connectivity index (χ3v) is 4.27. The third-order valence-electron chi connectivity index (χ3n) is 3.22. The van der Waals surface area contributed by atoms with E-state index >= 15 is 0 Å². The van der Waals surface area contributed by atoms with Crippen LogP contribution in [0.15, 0.2) is 0 Å². The normalized spacial score (nSPS) is 26.8. The monoisotopic (exact) mass is 259 g/mol. The molecule has 1 N–H and O–H groups in total. The Bertz CT molecular complexity index is 304. The standard InChI is InChI=1S/C11H17NO4S/c13-10(8-1-5-17-6-2-8)12-3-4-16-9(7-12)11(14)15/h8-9H,1-7H2,(H,14,15)/t9-/m0/s1. The first kappa shape index (κ1) is 12.7. The van der Waals surface area contributed by atoms with Gasteiger partial charge in [0.25, 0.3) is 0 Å². The second-order valence-corrected chi connectivity index (χ2v) is 5.59. The molecule has 5 nitrogen and oxygen atoms in total. The van der Waals surface area contributed by atoms with Crippen molar-refractivity contribution in [2.75, 3.05) is 31.2 Å². The van der Waals surface area contributed by atoms with Crippen LogP contribution in [0, 0.1) is 5.92 Å². The summed E-state index contributed by atoms with van der Waals surface area (Å²) in [5.74, 6) is 1.27. The Labute approximate surface area is 104 Å². The van der Waals surface area contributed by atoms with E-state index in [0.29, 0.717) is 13.2 Å². The molecule has 2 saturated heterocycles. The van der Waals surface area contributed by atoms with E-state index in [-0.39, 0.29) is 18.4 Å². The summed E-state index contributed by atoms with van der Waals surface area (Å²) >= 11 is 1.88. The first-order valence-corrected chi connectivity index (χ1v) is 7.05. The fourth-order valence-electron chi connectivity index (χ4n) is 2.20. The van der Waals surface area contributed by atoms with Gasteiger partial charge in [-0.15, -0.1) is 0 Å². The summed E-state index contributed by atoms with van der Waals surface area (Å²) in [5.41, 5.74) is 0. The predicted octanol–water partition coefficient (Wildman–Crippen LogP) is 0.442. The van der Waals surface area contributed by atoms with Crippen LogP contribution in [0.4, 0.5) is 0 Å². The molecule has 0 aliphatic carbocycles. The molecule has 0 aromatic rings. The fraction of sp³-hybridized carbons (Fsp3) is 0.818. The van der Waals surface area contributed by atoms with Crippen molar-refractivity contribution in [3.05, 3.63) is 0 Å². The van der Waals surface area contributed by atoms with E-state index in [1.54, 1.807) is 4.90 Å². The van der Waals surface area contributed by atoms with Gasteiger partial charge in [-0.05, 0) is 24.3 Å². The van der Waals surface area contributed by atoms with Crippen LogP contribution >= 0.6 is 11.8 Å². The van der Waals surface area contributed by atoms with Gasteiger partial charge in [-0.2, -0.15) is 11.8 Å². The highest BCUT2D eigenvalue weighted by molar-refractivity contribution is 7.99. The van der Waals surface area contributed by atoms with Crippen molar-refractivity contribution in [2.24, 2.45) is 5.92 Å². The van der Waals surface area contributed by atoms with Crippen molar-refractivity contribution >= 4 is 23.6 Å². The van der Waals surface area contributed by atoms with E-state index in [0.717, 1.165) is 24.3 Å². The first-order valence-electron chi connectivity index (χ1n) is 5.89. The highest BCUT2D eigenvalue weighted by Gasteiger charge is 2.32. The van der Waals surface area contributed by atoms with Gasteiger partial charge >= 0.3 is 5.97 Å². The number of morpholine rings is 1. The number of ether oxygens (including phenoxy) is 1. The predicted molar refractivity (Wildman–Crippen MR) is 64.0 cm³/mol. The summed E-state index contributed by atoms with van der Waals surface area (Å²) < 4.78 is 5.11. The maximum atomic E-state index is 12.2. The molecule has 0 aromatic carbocycles. The third kappa shape index (κ3) is 3.13. The van der Waals surface area contributed by atoms with Crippen molar-refractivity contribution < 1.29 is 19.4 Å². The van der Waals surface area contributed by atoms with Crippen LogP contribution in [0.5, 0.6) is 0 Å². The Morgan fingerprint density at radius 3 is 2.65 bits per heavy atom. The van der Waals surface area contributed by atoms with Crippen LogP contribution < -0.4 is 0 Å². The zero-order chi connectivity index (χ0) is 12.3. The van der Waals surface area contributed by atoms with Gasteiger partial charge in [-0.25, -0.2) is 4.79 Å². The quantitative estimate of drug-likeness (QED) is 0.779. The molecule has 0 bridgehead atoms. The molecule has 0 radical (unpaired) electrons. The number of amides is 1. The van der Waals surface area contributed by atoms with Crippen LogP contribution in [0.1, 0.15) is 12.8 Å². The van der Waals surface area contributed by atoms with Gasteiger partial charge in [-0.1, -0.05) is 0 Å². The SMILES string of the molecule is O=C(O)[C@@H]1CN(C(=O)C2CCSCC2)CCO1. The van der Waals surface area contributed by atoms with Gasteiger partial charge < -0.3 is 14.7 Å². The summed E-state index contributed by atoms with van der Waals surface area (Å²) in [5, 5.41) is 8.88. The maximum absolute atomic E-state index is 12.2. The minimum absolute atomic E-state index is 0.0868. The average Bonchev–Trinajstić information content (AvgIpc) is 2.39. The van der Waals surface area contributed by atoms with Crippen LogP contribution in [0.2, 0.25) is 0 Å². The van der Waals surface area contributed by atoms with Gasteiger partial charge in [0.2, 0.25) is 5.91 Å². The zero-order valence-electron chi connectivity index (χ0n) is 9.63. The van der Waals surface area contributed by atoms with Gasteiger partial charge in [0.05, 0.1) is 13.2 Å². The number of carbonyl (C=O) groups excluding carboxylic acids is 1. The van der Waals surface area contributed by atoms with Crippen molar-refractivity contribution in [1.29, 1.82) is 0 Å². The molecule has 1 atom stereocenters. The molecular formula is C11H17NO4S. The zero-order valence-corrected chi connectivity index (χ0v) is 10.4. The van der Waals surface area contributed by atoms with E-state index in [2.05, 4.69) is 0 Å². The molecule has 2 aliphatic rings. The molecule has 6 heteroatoms. The lowest BCUT2D eigenvalue weighted by Gasteiger charge is -2.34. The summed E-state index contributed by atoms with van der Waals surface area (Å²) in [6.07, 6.45) is 0.975. The lowest BCUT2D eigenvalue weighted by Crippen LogP contribution is -2.50. The Morgan fingerprint density at radius 2 is 2.00 bits per heavy atom. The van der Waals surface area contributed by atoms with E-state index < -0.39 is 12.1 Å². The van der Waals surface area contributed by atoms with Crippen molar-refractivity contribution in [3.8, 4) is 0 Å². The Balaban J connectivity index is 1.91. The molecule has 0 aromatic heterocycles. The van der Waals surface area contributed by atoms with Crippen molar-refractivity contribution in [3.63, 3.8) is 0 Å². The highest BCUT2D eigenvalue weighted by Crippen LogP contribution is 2.25. The maximum Gasteiger partial charge on any atom is 0.334 e. The largest absolute Gasteiger partial charge is 0.479 e. The lowest BCUT2D eigenvalue weighted by molar-refractivity contribution is -0.160. The van der Waals surface area contributed by atoms with Crippen LogP contribution in [-0.2, 0) is 14.3 Å². The number of thioether (sulfide) groups is 1. The second kappa shape index (κ2) is 5.73. The molecule has 0 unspecified atom stereocenters. The van der Waals surface area contributed by atoms with E-state index in [4.69, 9.17) is 9.84 Å². The topological polar surface area (TPSA) is 66.8 Å². The van der Waals surface area contributed by atoms with Crippen molar-refractivity contribution in [2.45, 2.75) is 18.9 Å². The first-order chi connectivity index (χ1) is 8.18. The molecule has 2 fully saturated rings. The van der Waals surface area contributed by atoms with Gasteiger partial charge in [0, 0.05) is 12.5 Å². The molecule has 2 heterocycles. The van der Waals surface area contributed by atoms with Crippen LogP contribution in [-0.4, -0.2) is 59.2 Å². The molecule has 17 heavy (non-hydrogen) atoms. The summed E-state index contributed by atoms with van der Waals surface area (Å²) in [6.45, 7) is 1.04. The molecule has 0 spiro atoms. The smallest absolute Gasteiger partial charge is 0.334 e. The van der Waals surface area contributed by atoms with Crippen LogP contribution in [0.3, 0.4) is 0 Å². The number of carboxylic acids is 1. The van der Waals surface area contributed by atoms with E-state index in [1.165, 1.54) is 0 Å². The summed E-state index contributed by atoms with van der Waals surface area (Å²) in [4.78, 5) is 24.7. The average molecular weight is 259 g/mol. The summed E-state index contributed by atoms with van der Waals surface area (Å²) in [6, 6.07) is 0. The van der Waals surface area contributed by atoms with E-state index in [1.807, 2.05) is 11.8 Å². The number of aliphatic carboxylic acids is 1. The molecule has 96 valence electrons. The Morgan fingerprint density at radius 1 is 1.29 bits per heavy atom. The van der Waals surface area contributed by atoms with E-state index in [9.17, 15) is 9.59 Å². The Hall–Kier alpha value is -0.750. The van der Waals surface area contributed by atoms with Gasteiger partial charge in [-0.3, -0.25) is 4.79 Å². The molecule has 2 aliphatic heterocycles. The van der Waals surface area contributed by atoms with Crippen molar-refractivity contribution in [1.82, 2.24) is 4.90 Å². The number of hydrogen-bond donors (Lipinski definition) is 1. The number of hydrogen-bond acceptors (Lipinski definition) is 4. The number of nitrogens with zero attached hydrogens (tertiary/aromatic N) is 1. The summed E-state index contributed by atoms with van der Waals surface area (Å²) in [7, 11) is 0. The number of rotatable bonds is 2. The Kier molecular flexibility index (Phi) is 4.28. The fourth-order valence-corrected chi connectivity index (χ4v) is 3.31. The highest BCUT2D eigenvalue weighted by atomic mass is 32.2. The van der Waals surface area contributed by atoms with Crippen LogP contribution in [0.25, 0.3) is 0 Å². The van der Waals surface area contributed by atoms with Gasteiger partial charge in [0.15, 0.2) is 6.10 Å². The minimum Gasteiger partial charge on any atom is -0.479 e. The minimum atomic E-state index is -0.985. The number of carboxylic acid groups (broad SMARTS) is 1. The molecule has 0 saturated carbocycles. The lowest BCUT2D eigenvalue weighted by atomic mass is 10.0. The van der Waals surface area contributed by atoms with Gasteiger partial charge in [0.1, 0.15) is 0 Å². The second-order valence-electron chi connectivity index (χ2n) is 4.37.